The van der Waals surface area contributed by atoms with Crippen LogP contribution >= 0.6 is 0 Å². The van der Waals surface area contributed by atoms with Crippen LogP contribution in [-0.2, 0) is 28.9 Å². The van der Waals surface area contributed by atoms with E-state index in [4.69, 9.17) is 9.84 Å². The van der Waals surface area contributed by atoms with Gasteiger partial charge < -0.3 is 4.74 Å². The number of hydrogen-bond donors (Lipinski definition) is 0. The van der Waals surface area contributed by atoms with Crippen molar-refractivity contribution in [1.29, 1.82) is 0 Å². The minimum Gasteiger partial charge on any atom is -0.460 e. The van der Waals surface area contributed by atoms with E-state index in [1.165, 1.54) is 16.7 Å². The van der Waals surface area contributed by atoms with Crippen molar-refractivity contribution in [2.75, 3.05) is 0 Å². The van der Waals surface area contributed by atoms with Crippen molar-refractivity contribution in [2.45, 2.75) is 52.7 Å². The van der Waals surface area contributed by atoms with Crippen LogP contribution in [0.3, 0.4) is 0 Å². The Morgan fingerprint density at radius 1 is 0.853 bits per heavy atom. The number of rotatable bonds is 7. The molecule has 0 unspecified atom stereocenters. The summed E-state index contributed by atoms with van der Waals surface area (Å²) in [5, 5.41) is 4.98. The molecule has 0 aliphatic rings. The molecule has 4 heteroatoms. The van der Waals surface area contributed by atoms with E-state index in [0.717, 1.165) is 28.9 Å². The highest BCUT2D eigenvalue weighted by atomic mass is 16.6. The average Bonchev–Trinajstić information content (AvgIpc) is 3.10. The van der Waals surface area contributed by atoms with Crippen molar-refractivity contribution >= 4 is 5.97 Å². The van der Waals surface area contributed by atoms with Gasteiger partial charge in [-0.1, -0.05) is 84.9 Å². The maximum Gasteiger partial charge on any atom is 0.310 e. The molecule has 0 spiro atoms. The maximum atomic E-state index is 12.7. The Morgan fingerprint density at radius 3 is 2.09 bits per heavy atom. The summed E-state index contributed by atoms with van der Waals surface area (Å²) in [6.45, 7) is 8.36. The van der Waals surface area contributed by atoms with Gasteiger partial charge in [-0.2, -0.15) is 5.10 Å². The highest BCUT2D eigenvalue weighted by Crippen LogP contribution is 2.28. The highest BCUT2D eigenvalue weighted by Gasteiger charge is 2.23. The fourth-order valence-corrected chi connectivity index (χ4v) is 4.16. The lowest BCUT2D eigenvalue weighted by molar-refractivity contribution is -0.153. The standard InChI is InChI=1S/C30H32N2O2/c1-22-27(20-28(33)34-30(2,3)4)29(24-15-9-6-10-16-24)31-32(22)21-26-18-12-11-17-25(26)19-23-13-7-5-8-14-23/h5-18H,19-21H2,1-4H3. The van der Waals surface area contributed by atoms with E-state index in [1.54, 1.807) is 0 Å². The van der Waals surface area contributed by atoms with Crippen molar-refractivity contribution in [3.8, 4) is 11.3 Å². The number of benzene rings is 3. The topological polar surface area (TPSA) is 44.1 Å². The minimum atomic E-state index is -0.524. The Labute approximate surface area is 202 Å². The molecule has 0 fully saturated rings. The third-order valence-corrected chi connectivity index (χ3v) is 5.79. The summed E-state index contributed by atoms with van der Waals surface area (Å²) in [5.41, 5.74) is 7.00. The van der Waals surface area contributed by atoms with Crippen LogP contribution in [0, 0.1) is 6.92 Å². The van der Waals surface area contributed by atoms with Crippen LogP contribution in [0.15, 0.2) is 84.9 Å². The minimum absolute atomic E-state index is 0.193. The molecule has 0 bridgehead atoms. The van der Waals surface area contributed by atoms with Gasteiger partial charge in [-0.25, -0.2) is 0 Å². The molecule has 0 radical (unpaired) electrons. The van der Waals surface area contributed by atoms with Gasteiger partial charge in [0.15, 0.2) is 0 Å². The molecule has 0 saturated heterocycles. The van der Waals surface area contributed by atoms with E-state index >= 15 is 0 Å². The summed E-state index contributed by atoms with van der Waals surface area (Å²) < 4.78 is 7.64. The molecular formula is C30H32N2O2. The Bertz CT molecular complexity index is 1250. The molecule has 0 aliphatic carbocycles. The molecule has 4 nitrogen and oxygen atoms in total. The van der Waals surface area contributed by atoms with Crippen LogP contribution in [0.1, 0.15) is 48.7 Å². The molecule has 0 saturated carbocycles. The summed E-state index contributed by atoms with van der Waals surface area (Å²) in [7, 11) is 0. The quantitative estimate of drug-likeness (QED) is 0.306. The fourth-order valence-electron chi connectivity index (χ4n) is 4.16. The summed E-state index contributed by atoms with van der Waals surface area (Å²) in [4.78, 5) is 12.7. The van der Waals surface area contributed by atoms with E-state index in [-0.39, 0.29) is 12.4 Å². The lowest BCUT2D eigenvalue weighted by Gasteiger charge is -2.19. The van der Waals surface area contributed by atoms with Gasteiger partial charge in [0, 0.05) is 16.8 Å². The predicted octanol–water partition coefficient (Wildman–Crippen LogP) is 6.38. The number of nitrogens with zero attached hydrogens (tertiary/aromatic N) is 2. The van der Waals surface area contributed by atoms with E-state index in [1.807, 2.05) is 68.8 Å². The van der Waals surface area contributed by atoms with E-state index in [9.17, 15) is 4.79 Å². The number of hydrogen-bond acceptors (Lipinski definition) is 3. The monoisotopic (exact) mass is 452 g/mol. The normalized spacial score (nSPS) is 11.4. The van der Waals surface area contributed by atoms with Crippen LogP contribution in [0.2, 0.25) is 0 Å². The zero-order chi connectivity index (χ0) is 24.1. The van der Waals surface area contributed by atoms with Crippen molar-refractivity contribution in [2.24, 2.45) is 0 Å². The zero-order valence-electron chi connectivity index (χ0n) is 20.4. The second kappa shape index (κ2) is 10.1. The second-order valence-electron chi connectivity index (χ2n) is 9.63. The SMILES string of the molecule is Cc1c(CC(=O)OC(C)(C)C)c(-c2ccccc2)nn1Cc1ccccc1Cc1ccccc1. The highest BCUT2D eigenvalue weighted by molar-refractivity contribution is 5.77. The summed E-state index contributed by atoms with van der Waals surface area (Å²) >= 11 is 0. The number of carbonyl (C=O) groups excluding carboxylic acids is 1. The third-order valence-electron chi connectivity index (χ3n) is 5.79. The average molecular weight is 453 g/mol. The van der Waals surface area contributed by atoms with Gasteiger partial charge in [-0.3, -0.25) is 9.48 Å². The first kappa shape index (κ1) is 23.5. The largest absolute Gasteiger partial charge is 0.460 e. The van der Waals surface area contributed by atoms with Gasteiger partial charge in [0.1, 0.15) is 5.60 Å². The molecular weight excluding hydrogens is 420 g/mol. The van der Waals surface area contributed by atoms with E-state index < -0.39 is 5.60 Å². The molecule has 4 aromatic rings. The summed E-state index contributed by atoms with van der Waals surface area (Å²) in [6, 6.07) is 29.1. The van der Waals surface area contributed by atoms with Crippen LogP contribution in [0.4, 0.5) is 0 Å². The maximum absolute atomic E-state index is 12.7. The molecule has 0 aliphatic heterocycles. The number of aromatic nitrogens is 2. The smallest absolute Gasteiger partial charge is 0.310 e. The zero-order valence-corrected chi connectivity index (χ0v) is 20.4. The van der Waals surface area contributed by atoms with E-state index in [2.05, 4.69) is 48.5 Å². The first-order valence-electron chi connectivity index (χ1n) is 11.7. The predicted molar refractivity (Wildman–Crippen MR) is 137 cm³/mol. The lowest BCUT2D eigenvalue weighted by Crippen LogP contribution is -2.25. The van der Waals surface area contributed by atoms with Gasteiger partial charge in [-0.15, -0.1) is 0 Å². The van der Waals surface area contributed by atoms with Gasteiger partial charge in [0.25, 0.3) is 0 Å². The number of carbonyl (C=O) groups is 1. The molecule has 0 N–H and O–H groups in total. The van der Waals surface area contributed by atoms with Crippen molar-refractivity contribution in [3.63, 3.8) is 0 Å². The van der Waals surface area contributed by atoms with Crippen molar-refractivity contribution < 1.29 is 9.53 Å². The Balaban J connectivity index is 1.68. The Kier molecular flexibility index (Phi) is 6.97. The van der Waals surface area contributed by atoms with E-state index in [0.29, 0.717) is 6.54 Å². The first-order valence-corrected chi connectivity index (χ1v) is 11.7. The van der Waals surface area contributed by atoms with Gasteiger partial charge >= 0.3 is 5.97 Å². The molecule has 34 heavy (non-hydrogen) atoms. The van der Waals surface area contributed by atoms with Crippen molar-refractivity contribution in [3.05, 3.63) is 113 Å². The van der Waals surface area contributed by atoms with Crippen LogP contribution < -0.4 is 0 Å². The molecule has 0 amide bonds. The summed E-state index contributed by atoms with van der Waals surface area (Å²) in [6.07, 6.45) is 1.06. The van der Waals surface area contributed by atoms with Gasteiger partial charge in [0.2, 0.25) is 0 Å². The fraction of sp³-hybridized carbons (Fsp3) is 0.267. The lowest BCUT2D eigenvalue weighted by atomic mass is 9.99. The molecule has 4 rings (SSSR count). The molecule has 174 valence electrons. The third kappa shape index (κ3) is 5.82. The second-order valence-corrected chi connectivity index (χ2v) is 9.63. The number of ether oxygens (including phenoxy) is 1. The first-order chi connectivity index (χ1) is 16.3. The molecule has 1 aromatic heterocycles. The summed E-state index contributed by atoms with van der Waals surface area (Å²) in [5.74, 6) is -0.239. The van der Waals surface area contributed by atoms with Crippen LogP contribution in [0.5, 0.6) is 0 Å². The number of esters is 1. The molecule has 1 heterocycles. The molecule has 0 atom stereocenters. The molecule has 3 aromatic carbocycles. The Hall–Kier alpha value is -3.66. The van der Waals surface area contributed by atoms with Crippen LogP contribution in [0.25, 0.3) is 11.3 Å². The Morgan fingerprint density at radius 2 is 1.44 bits per heavy atom. The van der Waals surface area contributed by atoms with Gasteiger partial charge in [0.05, 0.1) is 18.7 Å². The van der Waals surface area contributed by atoms with Gasteiger partial charge in [-0.05, 0) is 50.8 Å². The van der Waals surface area contributed by atoms with Crippen LogP contribution in [-0.4, -0.2) is 21.4 Å². The van der Waals surface area contributed by atoms with Crippen molar-refractivity contribution in [1.82, 2.24) is 9.78 Å².